The first-order valence-corrected chi connectivity index (χ1v) is 6.96. The monoisotopic (exact) mass is 270 g/mol. The van der Waals surface area contributed by atoms with E-state index in [1.807, 2.05) is 20.0 Å². The van der Waals surface area contributed by atoms with Crippen LogP contribution in [0.5, 0.6) is 0 Å². The average molecular weight is 270 g/mol. The molecule has 0 aliphatic heterocycles. The van der Waals surface area contributed by atoms with Crippen LogP contribution in [0.15, 0.2) is 36.9 Å². The van der Waals surface area contributed by atoms with E-state index in [0.717, 1.165) is 23.2 Å². The van der Waals surface area contributed by atoms with E-state index in [0.29, 0.717) is 0 Å². The number of rotatable bonds is 6. The van der Waals surface area contributed by atoms with Gasteiger partial charge in [0.1, 0.15) is 0 Å². The molecule has 0 aliphatic carbocycles. The normalized spacial score (nSPS) is 12.9. The third-order valence-electron chi connectivity index (χ3n) is 3.61. The van der Waals surface area contributed by atoms with E-state index in [1.54, 1.807) is 0 Å². The fourth-order valence-corrected chi connectivity index (χ4v) is 2.33. The summed E-state index contributed by atoms with van der Waals surface area (Å²) >= 11 is 0. The highest BCUT2D eigenvalue weighted by molar-refractivity contribution is 5.80. The molecule has 1 aromatic carbocycles. The fraction of sp³-hybridized carbons (Fsp3) is 0.333. The van der Waals surface area contributed by atoms with Crippen LogP contribution in [-0.2, 0) is 0 Å². The number of allylic oxidation sites excluding steroid dienone is 1. The van der Waals surface area contributed by atoms with E-state index < -0.39 is 0 Å². The van der Waals surface area contributed by atoms with Crippen molar-refractivity contribution in [3.8, 4) is 0 Å². The molecule has 2 heteroatoms. The highest BCUT2D eigenvalue weighted by Gasteiger charge is 2.14. The van der Waals surface area contributed by atoms with Crippen LogP contribution in [0.2, 0.25) is 0 Å². The summed E-state index contributed by atoms with van der Waals surface area (Å²) in [6, 6.07) is 4.26. The zero-order valence-electron chi connectivity index (χ0n) is 13.1. The smallest absolute Gasteiger partial charge is 0.0422 e. The Bertz CT molecular complexity index is 539. The van der Waals surface area contributed by atoms with Crippen molar-refractivity contribution in [2.75, 3.05) is 12.4 Å². The van der Waals surface area contributed by atoms with Gasteiger partial charge in [0.05, 0.1) is 0 Å². The number of aryl methyl sites for hydroxylation is 1. The Morgan fingerprint density at radius 3 is 2.55 bits per heavy atom. The number of nitrogens with two attached hydrogens (primary N) is 1. The average Bonchev–Trinajstić information content (AvgIpc) is 2.43. The minimum Gasteiger partial charge on any atom is -0.388 e. The Balaban J connectivity index is 3.28. The third-order valence-corrected chi connectivity index (χ3v) is 3.61. The molecule has 0 heterocycles. The first-order valence-electron chi connectivity index (χ1n) is 6.96. The molecule has 108 valence electrons. The summed E-state index contributed by atoms with van der Waals surface area (Å²) in [4.78, 5) is 0. The maximum atomic E-state index is 6.15. The molecule has 2 nitrogen and oxygen atoms in total. The molecule has 0 saturated carbocycles. The van der Waals surface area contributed by atoms with Gasteiger partial charge in [0.25, 0.3) is 0 Å². The lowest BCUT2D eigenvalue weighted by Crippen LogP contribution is -2.21. The molecule has 1 aromatic rings. The first-order chi connectivity index (χ1) is 9.44. The van der Waals surface area contributed by atoms with Crippen LogP contribution in [0.4, 0.5) is 5.69 Å². The van der Waals surface area contributed by atoms with Crippen molar-refractivity contribution in [3.05, 3.63) is 53.6 Å². The van der Waals surface area contributed by atoms with Crippen molar-refractivity contribution in [2.45, 2.75) is 33.2 Å². The van der Waals surface area contributed by atoms with Crippen LogP contribution in [0.1, 0.15) is 37.0 Å². The third kappa shape index (κ3) is 3.61. The van der Waals surface area contributed by atoms with Crippen LogP contribution in [0.3, 0.4) is 0 Å². The highest BCUT2D eigenvalue weighted by Crippen LogP contribution is 2.32. The fourth-order valence-electron chi connectivity index (χ4n) is 2.33. The van der Waals surface area contributed by atoms with Gasteiger partial charge in [-0.2, -0.15) is 0 Å². The van der Waals surface area contributed by atoms with Gasteiger partial charge >= 0.3 is 0 Å². The predicted molar refractivity (Wildman–Crippen MR) is 91.9 cm³/mol. The van der Waals surface area contributed by atoms with Gasteiger partial charge in [0, 0.05) is 24.3 Å². The number of hydrogen-bond acceptors (Lipinski definition) is 2. The Labute approximate surface area is 123 Å². The molecular weight excluding hydrogens is 244 g/mol. The van der Waals surface area contributed by atoms with Crippen LogP contribution in [0.25, 0.3) is 11.6 Å². The molecule has 0 saturated heterocycles. The summed E-state index contributed by atoms with van der Waals surface area (Å²) in [5.41, 5.74) is 13.1. The topological polar surface area (TPSA) is 38.0 Å². The lowest BCUT2D eigenvalue weighted by atomic mass is 9.90. The van der Waals surface area contributed by atoms with Gasteiger partial charge in [-0.25, -0.2) is 0 Å². The molecule has 0 aliphatic rings. The van der Waals surface area contributed by atoms with Crippen LogP contribution >= 0.6 is 0 Å². The second kappa shape index (κ2) is 7.11. The van der Waals surface area contributed by atoms with E-state index >= 15 is 0 Å². The standard InChI is InChI=1S/C18H26N2/c1-7-14-9-13(5)18(17(10-14)20-6)15(8-2)11-16(19)12(3)4/h7-10,16,20H,1,3,11,19H2,2,4-6H3/b15-8-. The van der Waals surface area contributed by atoms with Crippen molar-refractivity contribution in [1.29, 1.82) is 0 Å². The minimum atomic E-state index is -0.00983. The molecule has 1 unspecified atom stereocenters. The van der Waals surface area contributed by atoms with E-state index in [4.69, 9.17) is 5.73 Å². The Morgan fingerprint density at radius 1 is 1.45 bits per heavy atom. The van der Waals surface area contributed by atoms with Crippen molar-refractivity contribution >= 4 is 17.3 Å². The van der Waals surface area contributed by atoms with E-state index in [2.05, 4.69) is 50.5 Å². The molecule has 3 N–H and O–H groups in total. The number of hydrogen-bond donors (Lipinski definition) is 2. The van der Waals surface area contributed by atoms with Crippen molar-refractivity contribution < 1.29 is 0 Å². The lowest BCUT2D eigenvalue weighted by molar-refractivity contribution is 0.796. The molecular formula is C18H26N2. The summed E-state index contributed by atoms with van der Waals surface area (Å²) in [6.07, 6.45) is 4.81. The maximum absolute atomic E-state index is 6.15. The largest absolute Gasteiger partial charge is 0.388 e. The Hall–Kier alpha value is -1.80. The Morgan fingerprint density at radius 2 is 2.10 bits per heavy atom. The Kier molecular flexibility index (Phi) is 5.78. The minimum absolute atomic E-state index is 0.00983. The van der Waals surface area contributed by atoms with Crippen molar-refractivity contribution in [2.24, 2.45) is 5.73 Å². The SMILES string of the molecule is C=Cc1cc(C)c(/C(=C\C)CC(N)C(=C)C)c(NC)c1. The molecule has 0 bridgehead atoms. The van der Waals surface area contributed by atoms with E-state index in [-0.39, 0.29) is 6.04 Å². The van der Waals surface area contributed by atoms with Crippen molar-refractivity contribution in [1.82, 2.24) is 0 Å². The molecule has 0 spiro atoms. The molecule has 0 aromatic heterocycles. The van der Waals surface area contributed by atoms with Gasteiger partial charge in [-0.05, 0) is 50.0 Å². The summed E-state index contributed by atoms with van der Waals surface area (Å²) < 4.78 is 0. The second-order valence-electron chi connectivity index (χ2n) is 5.19. The van der Waals surface area contributed by atoms with E-state index in [9.17, 15) is 0 Å². The highest BCUT2D eigenvalue weighted by atomic mass is 14.8. The molecule has 0 fully saturated rings. The maximum Gasteiger partial charge on any atom is 0.0422 e. The lowest BCUT2D eigenvalue weighted by Gasteiger charge is -2.20. The molecule has 0 amide bonds. The predicted octanol–water partition coefficient (Wildman–Crippen LogP) is 4.38. The number of anilines is 1. The molecule has 1 atom stereocenters. The molecule has 0 radical (unpaired) electrons. The summed E-state index contributed by atoms with van der Waals surface area (Å²) in [5, 5.41) is 3.28. The zero-order valence-corrected chi connectivity index (χ0v) is 13.1. The number of nitrogens with one attached hydrogen (secondary N) is 1. The van der Waals surface area contributed by atoms with Crippen LogP contribution < -0.4 is 11.1 Å². The summed E-state index contributed by atoms with van der Waals surface area (Å²) in [6.45, 7) is 13.9. The van der Waals surface area contributed by atoms with Gasteiger partial charge in [0.15, 0.2) is 0 Å². The van der Waals surface area contributed by atoms with Crippen LogP contribution in [0, 0.1) is 6.92 Å². The first kappa shape index (κ1) is 16.3. The molecule has 1 rings (SSSR count). The van der Waals surface area contributed by atoms with Gasteiger partial charge < -0.3 is 11.1 Å². The van der Waals surface area contributed by atoms with Gasteiger partial charge in [-0.1, -0.05) is 36.9 Å². The number of benzene rings is 1. The van der Waals surface area contributed by atoms with Gasteiger partial charge in [-0.15, -0.1) is 0 Å². The summed E-state index contributed by atoms with van der Waals surface area (Å²) in [7, 11) is 1.94. The van der Waals surface area contributed by atoms with E-state index in [1.165, 1.54) is 16.7 Å². The zero-order chi connectivity index (χ0) is 15.3. The van der Waals surface area contributed by atoms with Gasteiger partial charge in [-0.3, -0.25) is 0 Å². The van der Waals surface area contributed by atoms with Crippen molar-refractivity contribution in [3.63, 3.8) is 0 Å². The second-order valence-corrected chi connectivity index (χ2v) is 5.19. The van der Waals surface area contributed by atoms with Gasteiger partial charge in [0.2, 0.25) is 0 Å². The summed E-state index contributed by atoms with van der Waals surface area (Å²) in [5.74, 6) is 0. The van der Waals surface area contributed by atoms with Crippen LogP contribution in [-0.4, -0.2) is 13.1 Å². The molecule has 20 heavy (non-hydrogen) atoms. The quantitative estimate of drug-likeness (QED) is 0.753.